The summed E-state index contributed by atoms with van der Waals surface area (Å²) in [6, 6.07) is 0.325. The second-order valence-electron chi connectivity index (χ2n) is 4.33. The molecule has 1 N–H and O–H groups in total. The van der Waals surface area contributed by atoms with E-state index >= 15 is 0 Å². The number of hydrogen-bond acceptors (Lipinski definition) is 6. The van der Waals surface area contributed by atoms with Gasteiger partial charge in [-0.05, 0) is 19.8 Å². The highest BCUT2D eigenvalue weighted by atomic mass is 32.1. The molecule has 0 aromatic carbocycles. The summed E-state index contributed by atoms with van der Waals surface area (Å²) in [6.45, 7) is 2.50. The maximum Gasteiger partial charge on any atom is 0.320 e. The van der Waals surface area contributed by atoms with Gasteiger partial charge in [0.05, 0.1) is 19.7 Å². The summed E-state index contributed by atoms with van der Waals surface area (Å²) in [7, 11) is 0. The third kappa shape index (κ3) is 4.60. The van der Waals surface area contributed by atoms with Gasteiger partial charge in [-0.15, -0.1) is 11.3 Å². The van der Waals surface area contributed by atoms with Gasteiger partial charge in [-0.3, -0.25) is 14.5 Å². The van der Waals surface area contributed by atoms with E-state index in [4.69, 9.17) is 4.74 Å². The van der Waals surface area contributed by atoms with E-state index in [9.17, 15) is 9.59 Å². The molecule has 2 rings (SSSR count). The first-order valence-electron chi connectivity index (χ1n) is 6.28. The van der Waals surface area contributed by atoms with Crippen LogP contribution in [0.25, 0.3) is 0 Å². The van der Waals surface area contributed by atoms with E-state index in [1.807, 2.05) is 4.90 Å². The van der Waals surface area contributed by atoms with Crippen LogP contribution >= 0.6 is 11.3 Å². The van der Waals surface area contributed by atoms with E-state index in [1.165, 1.54) is 11.3 Å². The second-order valence-corrected chi connectivity index (χ2v) is 5.22. The van der Waals surface area contributed by atoms with Crippen molar-refractivity contribution in [2.24, 2.45) is 0 Å². The van der Waals surface area contributed by atoms with Crippen LogP contribution in [0.3, 0.4) is 0 Å². The fourth-order valence-corrected chi connectivity index (χ4v) is 2.30. The van der Waals surface area contributed by atoms with Crippen molar-refractivity contribution in [2.75, 3.05) is 25.0 Å². The Morgan fingerprint density at radius 2 is 2.32 bits per heavy atom. The molecule has 1 aliphatic carbocycles. The van der Waals surface area contributed by atoms with Crippen molar-refractivity contribution in [2.45, 2.75) is 25.8 Å². The van der Waals surface area contributed by atoms with Crippen molar-refractivity contribution in [3.8, 4) is 0 Å². The number of hydrogen-bond donors (Lipinski definition) is 1. The highest BCUT2D eigenvalue weighted by Crippen LogP contribution is 2.26. The minimum atomic E-state index is -0.281. The Balaban J connectivity index is 1.82. The summed E-state index contributed by atoms with van der Waals surface area (Å²) in [4.78, 5) is 29.2. The summed E-state index contributed by atoms with van der Waals surface area (Å²) in [6.07, 6.45) is 3.70. The van der Waals surface area contributed by atoms with Crippen molar-refractivity contribution >= 4 is 28.3 Å². The van der Waals surface area contributed by atoms with Crippen LogP contribution in [0.5, 0.6) is 0 Å². The highest BCUT2D eigenvalue weighted by Gasteiger charge is 2.32. The molecule has 7 heteroatoms. The molecule has 0 atom stereocenters. The van der Waals surface area contributed by atoms with Crippen LogP contribution in [0.4, 0.5) is 5.13 Å². The number of carbonyl (C=O) groups excluding carboxylic acids is 2. The van der Waals surface area contributed by atoms with Crippen LogP contribution in [-0.2, 0) is 14.3 Å². The average Bonchev–Trinajstić information content (AvgIpc) is 3.08. The van der Waals surface area contributed by atoms with Gasteiger partial charge in [-0.25, -0.2) is 4.98 Å². The zero-order chi connectivity index (χ0) is 13.7. The summed E-state index contributed by atoms with van der Waals surface area (Å²) in [5.74, 6) is -0.428. The monoisotopic (exact) mass is 283 g/mol. The maximum absolute atomic E-state index is 11.9. The normalized spacial score (nSPS) is 14.4. The number of anilines is 1. The van der Waals surface area contributed by atoms with Crippen LogP contribution in [0.2, 0.25) is 0 Å². The predicted octanol–water partition coefficient (Wildman–Crippen LogP) is 1.11. The Morgan fingerprint density at radius 1 is 1.53 bits per heavy atom. The van der Waals surface area contributed by atoms with Crippen molar-refractivity contribution < 1.29 is 14.3 Å². The summed E-state index contributed by atoms with van der Waals surface area (Å²) < 4.78 is 4.92. The standard InChI is InChI=1S/C12H17N3O3S/c1-2-18-11(17)8-15(9-3-4-9)7-10(16)14-12-13-5-6-19-12/h5-6,9H,2-4,7-8H2,1H3,(H,13,14,16). The molecule has 1 saturated carbocycles. The molecule has 19 heavy (non-hydrogen) atoms. The first kappa shape index (κ1) is 14.0. The Labute approximate surface area is 115 Å². The fraction of sp³-hybridized carbons (Fsp3) is 0.583. The molecule has 0 aliphatic heterocycles. The zero-order valence-electron chi connectivity index (χ0n) is 10.8. The SMILES string of the molecule is CCOC(=O)CN(CC(=O)Nc1nccs1)C1CC1. The molecule has 6 nitrogen and oxygen atoms in total. The highest BCUT2D eigenvalue weighted by molar-refractivity contribution is 7.13. The van der Waals surface area contributed by atoms with Gasteiger partial charge in [0.2, 0.25) is 5.91 Å². The molecule has 1 fully saturated rings. The first-order chi connectivity index (χ1) is 9.19. The van der Waals surface area contributed by atoms with Gasteiger partial charge in [-0.1, -0.05) is 0 Å². The molecular formula is C12H17N3O3S. The zero-order valence-corrected chi connectivity index (χ0v) is 11.6. The number of rotatable bonds is 7. The molecule has 1 aliphatic rings. The molecular weight excluding hydrogens is 266 g/mol. The molecule has 1 heterocycles. The van der Waals surface area contributed by atoms with Crippen molar-refractivity contribution in [3.63, 3.8) is 0 Å². The number of ether oxygens (including phenoxy) is 1. The van der Waals surface area contributed by atoms with Crippen molar-refractivity contribution in [1.29, 1.82) is 0 Å². The van der Waals surface area contributed by atoms with Crippen LogP contribution in [0, 0.1) is 0 Å². The summed E-state index contributed by atoms with van der Waals surface area (Å²) in [5.41, 5.74) is 0. The van der Waals surface area contributed by atoms with Gasteiger partial charge < -0.3 is 10.1 Å². The second kappa shape index (κ2) is 6.63. The van der Waals surface area contributed by atoms with Gasteiger partial charge in [0.15, 0.2) is 5.13 Å². The third-order valence-electron chi connectivity index (χ3n) is 2.73. The van der Waals surface area contributed by atoms with Gasteiger partial charge in [0.1, 0.15) is 0 Å². The largest absolute Gasteiger partial charge is 0.465 e. The van der Waals surface area contributed by atoms with Crippen molar-refractivity contribution in [3.05, 3.63) is 11.6 Å². The quantitative estimate of drug-likeness (QED) is 0.759. The van der Waals surface area contributed by atoms with Crippen LogP contribution in [0.1, 0.15) is 19.8 Å². The number of thiazole rings is 1. The molecule has 0 radical (unpaired) electrons. The Kier molecular flexibility index (Phi) is 4.86. The van der Waals surface area contributed by atoms with Crippen molar-refractivity contribution in [1.82, 2.24) is 9.88 Å². The van der Waals surface area contributed by atoms with E-state index in [0.29, 0.717) is 17.8 Å². The van der Waals surface area contributed by atoms with E-state index in [2.05, 4.69) is 10.3 Å². The third-order valence-corrected chi connectivity index (χ3v) is 3.41. The number of nitrogens with one attached hydrogen (secondary N) is 1. The summed E-state index contributed by atoms with van der Waals surface area (Å²) >= 11 is 1.37. The Hall–Kier alpha value is -1.47. The minimum absolute atomic E-state index is 0.147. The van der Waals surface area contributed by atoms with E-state index < -0.39 is 0 Å². The van der Waals surface area contributed by atoms with Gasteiger partial charge in [0, 0.05) is 17.6 Å². The lowest BCUT2D eigenvalue weighted by Crippen LogP contribution is -2.39. The fourth-order valence-electron chi connectivity index (χ4n) is 1.75. The number of aromatic nitrogens is 1. The molecule has 0 saturated heterocycles. The van der Waals surface area contributed by atoms with Crippen LogP contribution in [-0.4, -0.2) is 47.5 Å². The molecule has 1 aromatic rings. The predicted molar refractivity (Wildman–Crippen MR) is 72.0 cm³/mol. The number of carbonyl (C=O) groups is 2. The molecule has 0 bridgehead atoms. The maximum atomic E-state index is 11.9. The minimum Gasteiger partial charge on any atom is -0.465 e. The summed E-state index contributed by atoms with van der Waals surface area (Å²) in [5, 5.41) is 5.09. The van der Waals surface area contributed by atoms with Gasteiger partial charge >= 0.3 is 5.97 Å². The lowest BCUT2D eigenvalue weighted by atomic mass is 10.4. The number of esters is 1. The topological polar surface area (TPSA) is 71.5 Å². The molecule has 104 valence electrons. The van der Waals surface area contributed by atoms with E-state index in [0.717, 1.165) is 12.8 Å². The van der Waals surface area contributed by atoms with Gasteiger partial charge in [0.25, 0.3) is 0 Å². The van der Waals surface area contributed by atoms with Gasteiger partial charge in [-0.2, -0.15) is 0 Å². The number of nitrogens with zero attached hydrogens (tertiary/aromatic N) is 2. The van der Waals surface area contributed by atoms with Crippen LogP contribution in [0.15, 0.2) is 11.6 Å². The average molecular weight is 283 g/mol. The lowest BCUT2D eigenvalue weighted by Gasteiger charge is -2.19. The molecule has 1 aromatic heterocycles. The van der Waals surface area contributed by atoms with E-state index in [-0.39, 0.29) is 25.0 Å². The Bertz CT molecular complexity index is 431. The van der Waals surface area contributed by atoms with E-state index in [1.54, 1.807) is 18.5 Å². The van der Waals surface area contributed by atoms with Crippen LogP contribution < -0.4 is 5.32 Å². The smallest absolute Gasteiger partial charge is 0.320 e. The molecule has 0 spiro atoms. The number of amides is 1. The lowest BCUT2D eigenvalue weighted by molar-refractivity contribution is -0.144. The Morgan fingerprint density at radius 3 is 2.89 bits per heavy atom. The molecule has 0 unspecified atom stereocenters. The first-order valence-corrected chi connectivity index (χ1v) is 7.16. The molecule has 1 amide bonds.